The fraction of sp³-hybridized carbons (Fsp3) is 0.432. The Morgan fingerprint density at radius 2 is 1.07 bits per heavy atom. The van der Waals surface area contributed by atoms with E-state index in [9.17, 15) is 29.7 Å². The zero-order valence-corrected chi connectivity index (χ0v) is 26.3. The number of carboxylic acid groups (broad SMARTS) is 3. The minimum Gasteiger partial charge on any atom is -0.497 e. The van der Waals surface area contributed by atoms with Gasteiger partial charge in [0.2, 0.25) is 0 Å². The van der Waals surface area contributed by atoms with Gasteiger partial charge in [0.1, 0.15) is 11.4 Å². The third kappa shape index (κ3) is 8.95. The molecule has 0 amide bonds. The number of carboxylic acids is 3. The van der Waals surface area contributed by atoms with Crippen molar-refractivity contribution in [3.05, 3.63) is 102 Å². The first kappa shape index (κ1) is 34.7. The summed E-state index contributed by atoms with van der Waals surface area (Å²) >= 11 is 0. The third-order valence-electron chi connectivity index (χ3n) is 8.91. The molecule has 0 aromatic heterocycles. The lowest BCUT2D eigenvalue weighted by Crippen LogP contribution is -2.37. The van der Waals surface area contributed by atoms with Crippen LogP contribution in [0.4, 0.5) is 0 Å². The van der Waals surface area contributed by atoms with Crippen molar-refractivity contribution in [3.63, 3.8) is 0 Å². The molecule has 1 heterocycles. The Kier molecular flexibility index (Phi) is 12.7. The Labute approximate surface area is 270 Å². The van der Waals surface area contributed by atoms with Gasteiger partial charge in [-0.2, -0.15) is 0 Å². The van der Waals surface area contributed by atoms with E-state index in [0.29, 0.717) is 44.3 Å². The molecule has 4 atom stereocenters. The molecule has 1 unspecified atom stereocenters. The van der Waals surface area contributed by atoms with Gasteiger partial charge in [-0.15, -0.1) is 0 Å². The van der Waals surface area contributed by atoms with Crippen LogP contribution in [0, 0.1) is 11.8 Å². The summed E-state index contributed by atoms with van der Waals surface area (Å²) in [4.78, 5) is 34.1. The summed E-state index contributed by atoms with van der Waals surface area (Å²) in [5.41, 5.74) is 1.71. The highest BCUT2D eigenvalue weighted by molar-refractivity contribution is 5.67. The summed E-state index contributed by atoms with van der Waals surface area (Å²) in [5.74, 6) is -2.07. The van der Waals surface area contributed by atoms with E-state index in [4.69, 9.17) is 14.2 Å². The second-order valence-electron chi connectivity index (χ2n) is 11.9. The van der Waals surface area contributed by atoms with Crippen LogP contribution in [0.25, 0.3) is 0 Å². The van der Waals surface area contributed by atoms with E-state index in [-0.39, 0.29) is 43.8 Å². The van der Waals surface area contributed by atoms with Crippen molar-refractivity contribution in [2.24, 2.45) is 11.8 Å². The highest BCUT2D eigenvalue weighted by Crippen LogP contribution is 2.45. The number of hydrogen-bond donors (Lipinski definition) is 3. The SMILES string of the molecule is COc1ccc(C(OC[C@@H]2OC(CCCC(=O)O)[C@H](CCCC(=O)O)[C@H]2CCCC(=O)O)(c2ccccc2)c2ccccc2)cc1. The largest absolute Gasteiger partial charge is 0.497 e. The van der Waals surface area contributed by atoms with Crippen LogP contribution in [0.1, 0.15) is 74.5 Å². The molecular weight excluding hydrogens is 588 g/mol. The smallest absolute Gasteiger partial charge is 0.303 e. The van der Waals surface area contributed by atoms with Crippen molar-refractivity contribution < 1.29 is 43.9 Å². The van der Waals surface area contributed by atoms with E-state index in [1.165, 1.54) is 0 Å². The summed E-state index contributed by atoms with van der Waals surface area (Å²) in [5, 5.41) is 28.0. The van der Waals surface area contributed by atoms with Gasteiger partial charge in [0.15, 0.2) is 0 Å². The Balaban J connectivity index is 1.72. The lowest BCUT2D eigenvalue weighted by Gasteiger charge is -2.37. The maximum absolute atomic E-state index is 11.4. The van der Waals surface area contributed by atoms with E-state index in [2.05, 4.69) is 0 Å². The van der Waals surface area contributed by atoms with Crippen molar-refractivity contribution in [1.29, 1.82) is 0 Å². The monoisotopic (exact) mass is 632 g/mol. The third-order valence-corrected chi connectivity index (χ3v) is 8.91. The second-order valence-corrected chi connectivity index (χ2v) is 11.9. The molecule has 9 nitrogen and oxygen atoms in total. The summed E-state index contributed by atoms with van der Waals surface area (Å²) in [6, 6.07) is 27.7. The number of hydrogen-bond acceptors (Lipinski definition) is 6. The van der Waals surface area contributed by atoms with Gasteiger partial charge in [-0.1, -0.05) is 72.8 Å². The summed E-state index contributed by atoms with van der Waals surface area (Å²) in [6.45, 7) is 0.179. The standard InChI is InChI=1S/C37H44O9/c1-44-29-23-21-28(22-24-29)37(26-11-4-2-5-12-26,27-13-6-3-7-14-27)45-25-33-31(16-9-19-35(40)41)30(15-8-18-34(38)39)32(46-33)17-10-20-36(42)43/h2-7,11-14,21-24,30-33H,8-10,15-20,25H2,1H3,(H,38,39)(H,40,41)(H,42,43)/t30-,31-,32?,33+/m1/s1. The Bertz CT molecular complexity index is 1350. The molecule has 3 aromatic rings. The highest BCUT2D eigenvalue weighted by atomic mass is 16.6. The predicted octanol–water partition coefficient (Wildman–Crippen LogP) is 6.77. The number of carbonyl (C=O) groups is 3. The van der Waals surface area contributed by atoms with Crippen LogP contribution >= 0.6 is 0 Å². The van der Waals surface area contributed by atoms with Crippen LogP contribution in [0.15, 0.2) is 84.9 Å². The number of benzene rings is 3. The van der Waals surface area contributed by atoms with Gasteiger partial charge < -0.3 is 29.5 Å². The number of methoxy groups -OCH3 is 1. The van der Waals surface area contributed by atoms with Crippen LogP contribution in [0.2, 0.25) is 0 Å². The van der Waals surface area contributed by atoms with Gasteiger partial charge in [0.25, 0.3) is 0 Å². The predicted molar refractivity (Wildman–Crippen MR) is 172 cm³/mol. The molecule has 1 aliphatic rings. The molecule has 246 valence electrons. The molecule has 3 N–H and O–H groups in total. The number of aliphatic carboxylic acids is 3. The van der Waals surface area contributed by atoms with Gasteiger partial charge in [-0.25, -0.2) is 0 Å². The van der Waals surface area contributed by atoms with Crippen molar-refractivity contribution in [2.75, 3.05) is 13.7 Å². The Hall–Kier alpha value is -4.21. The van der Waals surface area contributed by atoms with Crippen molar-refractivity contribution in [1.82, 2.24) is 0 Å². The van der Waals surface area contributed by atoms with E-state index < -0.39 is 29.6 Å². The highest BCUT2D eigenvalue weighted by Gasteiger charge is 2.46. The molecule has 1 saturated heterocycles. The molecule has 46 heavy (non-hydrogen) atoms. The minimum atomic E-state index is -1.02. The fourth-order valence-corrected chi connectivity index (χ4v) is 6.78. The Morgan fingerprint density at radius 3 is 1.52 bits per heavy atom. The molecule has 0 saturated carbocycles. The molecule has 1 fully saturated rings. The number of rotatable bonds is 19. The molecule has 9 heteroatoms. The number of ether oxygens (including phenoxy) is 3. The molecule has 1 aliphatic heterocycles. The van der Waals surface area contributed by atoms with Gasteiger partial charge in [0.05, 0.1) is 25.9 Å². The van der Waals surface area contributed by atoms with Crippen LogP contribution in [-0.2, 0) is 29.5 Å². The topological polar surface area (TPSA) is 140 Å². The maximum Gasteiger partial charge on any atom is 0.303 e. The van der Waals surface area contributed by atoms with E-state index in [1.54, 1.807) is 7.11 Å². The lowest BCUT2D eigenvalue weighted by molar-refractivity contribution is -0.138. The summed E-state index contributed by atoms with van der Waals surface area (Å²) < 4.78 is 19.2. The average molecular weight is 633 g/mol. The van der Waals surface area contributed by atoms with Gasteiger partial charge in [-0.3, -0.25) is 14.4 Å². The summed E-state index contributed by atoms with van der Waals surface area (Å²) in [7, 11) is 1.62. The fourth-order valence-electron chi connectivity index (χ4n) is 6.78. The molecule has 3 aromatic carbocycles. The molecule has 0 spiro atoms. The molecule has 0 radical (unpaired) electrons. The van der Waals surface area contributed by atoms with Crippen LogP contribution in [-0.4, -0.2) is 59.2 Å². The normalized spacial score (nSPS) is 19.5. The first-order chi connectivity index (χ1) is 22.2. The second kappa shape index (κ2) is 16.9. The average Bonchev–Trinajstić information content (AvgIpc) is 3.37. The van der Waals surface area contributed by atoms with Crippen molar-refractivity contribution >= 4 is 17.9 Å². The van der Waals surface area contributed by atoms with E-state index in [1.807, 2.05) is 84.9 Å². The van der Waals surface area contributed by atoms with Crippen LogP contribution in [0.3, 0.4) is 0 Å². The lowest BCUT2D eigenvalue weighted by atomic mass is 9.78. The first-order valence-corrected chi connectivity index (χ1v) is 15.9. The van der Waals surface area contributed by atoms with Crippen LogP contribution in [0.5, 0.6) is 5.75 Å². The molecule has 4 rings (SSSR count). The van der Waals surface area contributed by atoms with Crippen molar-refractivity contribution in [2.45, 2.75) is 75.6 Å². The van der Waals surface area contributed by atoms with E-state index in [0.717, 1.165) is 16.7 Å². The maximum atomic E-state index is 11.4. The zero-order chi connectivity index (χ0) is 32.9. The quantitative estimate of drug-likeness (QED) is 0.122. The zero-order valence-electron chi connectivity index (χ0n) is 26.3. The van der Waals surface area contributed by atoms with Gasteiger partial charge in [0, 0.05) is 19.3 Å². The molecular formula is C37H44O9. The van der Waals surface area contributed by atoms with Gasteiger partial charge >= 0.3 is 17.9 Å². The minimum absolute atomic E-state index is 0.00908. The van der Waals surface area contributed by atoms with E-state index >= 15 is 0 Å². The van der Waals surface area contributed by atoms with Gasteiger partial charge in [-0.05, 0) is 79.2 Å². The molecule has 0 aliphatic carbocycles. The van der Waals surface area contributed by atoms with Crippen LogP contribution < -0.4 is 4.74 Å². The Morgan fingerprint density at radius 1 is 0.630 bits per heavy atom. The van der Waals surface area contributed by atoms with Crippen molar-refractivity contribution in [3.8, 4) is 5.75 Å². The molecule has 0 bridgehead atoms. The summed E-state index contributed by atoms with van der Waals surface area (Å²) in [6.07, 6.45) is 2.32. The first-order valence-electron chi connectivity index (χ1n) is 15.9.